The first-order valence-corrected chi connectivity index (χ1v) is 3.85. The van der Waals surface area contributed by atoms with Crippen molar-refractivity contribution in [1.82, 2.24) is 0 Å². The molecule has 4 atom stereocenters. The summed E-state index contributed by atoms with van der Waals surface area (Å²) in [7, 11) is 0. The molecule has 1 aliphatic heterocycles. The van der Waals surface area contributed by atoms with Crippen molar-refractivity contribution < 1.29 is 29.6 Å². The van der Waals surface area contributed by atoms with Crippen LogP contribution in [0.25, 0.3) is 0 Å². The second-order valence-corrected chi connectivity index (χ2v) is 2.85. The average Bonchev–Trinajstić information content (AvgIpc) is 2.29. The summed E-state index contributed by atoms with van der Waals surface area (Å²) in [5, 5.41) is 27.2. The van der Waals surface area contributed by atoms with Crippen LogP contribution in [0.15, 0.2) is 0 Å². The highest BCUT2D eigenvalue weighted by Gasteiger charge is 2.42. The minimum absolute atomic E-state index is 0.176. The molecule has 0 aliphatic carbocycles. The topological polar surface area (TPSA) is 96.2 Å². The zero-order valence-electron chi connectivity index (χ0n) is 7.08. The molecule has 1 rings (SSSR count). The van der Waals surface area contributed by atoms with E-state index in [9.17, 15) is 9.90 Å². The average molecular weight is 192 g/mol. The molecule has 1 fully saturated rings. The number of hydrogen-bond acceptors (Lipinski definition) is 6. The van der Waals surface area contributed by atoms with Crippen molar-refractivity contribution >= 4 is 5.97 Å². The fourth-order valence-electron chi connectivity index (χ4n) is 1.07. The molecule has 13 heavy (non-hydrogen) atoms. The van der Waals surface area contributed by atoms with Gasteiger partial charge in [-0.15, -0.1) is 0 Å². The lowest BCUT2D eigenvalue weighted by Crippen LogP contribution is -2.34. The van der Waals surface area contributed by atoms with Gasteiger partial charge in [-0.05, 0) is 0 Å². The van der Waals surface area contributed by atoms with Gasteiger partial charge in [-0.25, -0.2) is 0 Å². The molecule has 3 N–H and O–H groups in total. The first-order chi connectivity index (χ1) is 6.02. The molecule has 0 radical (unpaired) electrons. The lowest BCUT2D eigenvalue weighted by Gasteiger charge is -2.13. The highest BCUT2D eigenvalue weighted by Crippen LogP contribution is 2.19. The van der Waals surface area contributed by atoms with E-state index >= 15 is 0 Å². The molecule has 6 nitrogen and oxygen atoms in total. The van der Waals surface area contributed by atoms with E-state index in [0.29, 0.717) is 0 Å². The van der Waals surface area contributed by atoms with Crippen LogP contribution < -0.4 is 0 Å². The van der Waals surface area contributed by atoms with Gasteiger partial charge in [0.15, 0.2) is 6.29 Å². The van der Waals surface area contributed by atoms with Crippen LogP contribution in [0.4, 0.5) is 0 Å². The fourth-order valence-corrected chi connectivity index (χ4v) is 1.07. The molecule has 76 valence electrons. The largest absolute Gasteiger partial charge is 0.463 e. The van der Waals surface area contributed by atoms with Gasteiger partial charge in [0.2, 0.25) is 0 Å². The lowest BCUT2D eigenvalue weighted by atomic mass is 10.1. The second-order valence-electron chi connectivity index (χ2n) is 2.85. The van der Waals surface area contributed by atoms with Crippen LogP contribution in [-0.4, -0.2) is 52.5 Å². The molecule has 0 spiro atoms. The summed E-state index contributed by atoms with van der Waals surface area (Å²) in [5.74, 6) is -0.508. The summed E-state index contributed by atoms with van der Waals surface area (Å²) in [6.07, 6.45) is -4.86. The zero-order chi connectivity index (χ0) is 10.0. The van der Waals surface area contributed by atoms with Gasteiger partial charge in [-0.1, -0.05) is 0 Å². The van der Waals surface area contributed by atoms with Gasteiger partial charge in [0.1, 0.15) is 24.9 Å². The fraction of sp³-hybridized carbons (Fsp3) is 0.857. The SMILES string of the molecule is CC(=O)OC[C@H]1OC(O)[C@H](O)[C@@H]1O. The predicted molar refractivity (Wildman–Crippen MR) is 39.5 cm³/mol. The van der Waals surface area contributed by atoms with Gasteiger partial charge in [-0.2, -0.15) is 0 Å². The maximum atomic E-state index is 10.4. The van der Waals surface area contributed by atoms with E-state index in [1.54, 1.807) is 0 Å². The number of ether oxygens (including phenoxy) is 2. The van der Waals surface area contributed by atoms with Crippen molar-refractivity contribution in [2.24, 2.45) is 0 Å². The maximum absolute atomic E-state index is 10.4. The predicted octanol–water partition coefficient (Wildman–Crippen LogP) is -2.01. The standard InChI is InChI=1S/C7H12O6/c1-3(8)12-2-4-5(9)6(10)7(11)13-4/h4-7,9-11H,2H2,1H3/t4-,5-,6-,7?/m1/s1. The Bertz CT molecular complexity index is 193. The molecule has 0 bridgehead atoms. The number of aliphatic hydroxyl groups excluding tert-OH is 3. The van der Waals surface area contributed by atoms with Crippen molar-refractivity contribution in [2.45, 2.75) is 31.5 Å². The van der Waals surface area contributed by atoms with Crippen molar-refractivity contribution in [3.05, 3.63) is 0 Å². The van der Waals surface area contributed by atoms with Crippen molar-refractivity contribution in [2.75, 3.05) is 6.61 Å². The minimum atomic E-state index is -1.42. The quantitative estimate of drug-likeness (QED) is 0.437. The molecule has 0 amide bonds. The van der Waals surface area contributed by atoms with E-state index in [2.05, 4.69) is 4.74 Å². The van der Waals surface area contributed by atoms with Crippen LogP contribution in [0.5, 0.6) is 0 Å². The summed E-state index contributed by atoms with van der Waals surface area (Å²) in [4.78, 5) is 10.4. The first kappa shape index (κ1) is 10.4. The van der Waals surface area contributed by atoms with E-state index < -0.39 is 30.6 Å². The number of esters is 1. The Balaban J connectivity index is 2.40. The van der Waals surface area contributed by atoms with Crippen molar-refractivity contribution in [3.8, 4) is 0 Å². The van der Waals surface area contributed by atoms with Crippen LogP contribution in [0.3, 0.4) is 0 Å². The van der Waals surface area contributed by atoms with E-state index in [1.165, 1.54) is 6.92 Å². The van der Waals surface area contributed by atoms with E-state index in [-0.39, 0.29) is 6.61 Å². The highest BCUT2D eigenvalue weighted by molar-refractivity contribution is 5.65. The Labute approximate surface area is 74.7 Å². The van der Waals surface area contributed by atoms with Crippen molar-refractivity contribution in [3.63, 3.8) is 0 Å². The molecule has 1 heterocycles. The van der Waals surface area contributed by atoms with Gasteiger partial charge in [0.05, 0.1) is 0 Å². The molecule has 1 unspecified atom stereocenters. The van der Waals surface area contributed by atoms with Crippen LogP contribution in [0, 0.1) is 0 Å². The summed E-state index contributed by atoms with van der Waals surface area (Å²) in [6.45, 7) is 1.04. The third-order valence-electron chi connectivity index (χ3n) is 1.79. The van der Waals surface area contributed by atoms with Gasteiger partial charge >= 0.3 is 5.97 Å². The van der Waals surface area contributed by atoms with Gasteiger partial charge in [0, 0.05) is 6.92 Å². The number of aliphatic hydroxyl groups is 3. The van der Waals surface area contributed by atoms with Crippen LogP contribution >= 0.6 is 0 Å². The van der Waals surface area contributed by atoms with Gasteiger partial charge in [-0.3, -0.25) is 4.79 Å². The first-order valence-electron chi connectivity index (χ1n) is 3.85. The second kappa shape index (κ2) is 4.01. The number of rotatable bonds is 2. The molecule has 1 saturated heterocycles. The van der Waals surface area contributed by atoms with Crippen LogP contribution in [0.1, 0.15) is 6.92 Å². The Hall–Kier alpha value is -0.690. The minimum Gasteiger partial charge on any atom is -0.463 e. The number of carbonyl (C=O) groups is 1. The van der Waals surface area contributed by atoms with E-state index in [4.69, 9.17) is 14.9 Å². The normalized spacial score (nSPS) is 39.1. The van der Waals surface area contributed by atoms with E-state index in [0.717, 1.165) is 0 Å². The van der Waals surface area contributed by atoms with Crippen molar-refractivity contribution in [1.29, 1.82) is 0 Å². The zero-order valence-corrected chi connectivity index (χ0v) is 7.08. The van der Waals surface area contributed by atoms with Gasteiger partial charge in [0.25, 0.3) is 0 Å². The monoisotopic (exact) mass is 192 g/mol. The Morgan fingerprint density at radius 1 is 1.38 bits per heavy atom. The smallest absolute Gasteiger partial charge is 0.302 e. The maximum Gasteiger partial charge on any atom is 0.302 e. The van der Waals surface area contributed by atoms with E-state index in [1.807, 2.05) is 0 Å². The highest BCUT2D eigenvalue weighted by atomic mass is 16.7. The Kier molecular flexibility index (Phi) is 3.21. The molecule has 0 aromatic carbocycles. The molecule has 0 saturated carbocycles. The summed E-state index contributed by atoms with van der Waals surface area (Å²) < 4.78 is 9.26. The summed E-state index contributed by atoms with van der Waals surface area (Å²) in [6, 6.07) is 0. The third-order valence-corrected chi connectivity index (χ3v) is 1.79. The number of hydrogen-bond donors (Lipinski definition) is 3. The molecule has 1 aliphatic rings. The molecular formula is C7H12O6. The van der Waals surface area contributed by atoms with Gasteiger partial charge < -0.3 is 24.8 Å². The summed E-state index contributed by atoms with van der Waals surface area (Å²) in [5.41, 5.74) is 0. The lowest BCUT2D eigenvalue weighted by molar-refractivity contribution is -0.155. The summed E-state index contributed by atoms with van der Waals surface area (Å²) >= 11 is 0. The molecule has 6 heteroatoms. The molecule has 0 aromatic rings. The molecular weight excluding hydrogens is 180 g/mol. The van der Waals surface area contributed by atoms with Crippen LogP contribution in [0.2, 0.25) is 0 Å². The third kappa shape index (κ3) is 2.38. The Morgan fingerprint density at radius 2 is 2.00 bits per heavy atom. The Morgan fingerprint density at radius 3 is 2.38 bits per heavy atom. The molecule has 0 aromatic heterocycles. The number of carbonyl (C=O) groups excluding carboxylic acids is 1. The van der Waals surface area contributed by atoms with Crippen LogP contribution in [-0.2, 0) is 14.3 Å².